The van der Waals surface area contributed by atoms with Crippen molar-refractivity contribution in [2.45, 2.75) is 0 Å². The van der Waals surface area contributed by atoms with Crippen molar-refractivity contribution in [3.8, 4) is 0 Å². The van der Waals surface area contributed by atoms with Crippen LogP contribution < -0.4 is 0 Å². The molecule has 1 aliphatic rings. The van der Waals surface area contributed by atoms with Crippen LogP contribution in [0.15, 0.2) is 59.7 Å². The minimum atomic E-state index is -0.482. The van der Waals surface area contributed by atoms with Crippen LogP contribution in [0, 0.1) is 20.2 Å². The molecule has 3 rings (SSSR count). The molecule has 0 aliphatic carbocycles. The zero-order chi connectivity index (χ0) is 20.3. The molecule has 0 bridgehead atoms. The van der Waals surface area contributed by atoms with Gasteiger partial charge in [-0.2, -0.15) is 0 Å². The number of piperidine rings is 1. The van der Waals surface area contributed by atoms with Crippen molar-refractivity contribution in [3.63, 3.8) is 0 Å². The molecule has 0 unspecified atom stereocenters. The maximum Gasteiger partial charge on any atom is 0.270 e. The lowest BCUT2D eigenvalue weighted by Gasteiger charge is -2.26. The van der Waals surface area contributed by atoms with E-state index in [1.807, 2.05) is 11.9 Å². The van der Waals surface area contributed by atoms with E-state index in [1.54, 1.807) is 36.4 Å². The predicted octanol–water partition coefficient (Wildman–Crippen LogP) is 3.48. The molecule has 1 saturated heterocycles. The van der Waals surface area contributed by atoms with Crippen molar-refractivity contribution in [3.05, 3.63) is 91.0 Å². The summed E-state index contributed by atoms with van der Waals surface area (Å²) in [4.78, 5) is 35.8. The quantitative estimate of drug-likeness (QED) is 0.457. The molecular weight excluding hydrogens is 362 g/mol. The number of hydrogen-bond acceptors (Lipinski definition) is 6. The molecule has 2 aromatic rings. The van der Waals surface area contributed by atoms with Crippen LogP contribution in [0.25, 0.3) is 12.2 Å². The van der Waals surface area contributed by atoms with Gasteiger partial charge in [-0.15, -0.1) is 0 Å². The van der Waals surface area contributed by atoms with Gasteiger partial charge in [0.1, 0.15) is 0 Å². The highest BCUT2D eigenvalue weighted by molar-refractivity contribution is 6.14. The molecule has 8 heteroatoms. The molecular formula is C20H17N3O5. The van der Waals surface area contributed by atoms with E-state index >= 15 is 0 Å². The second kappa shape index (κ2) is 7.93. The fourth-order valence-corrected chi connectivity index (χ4v) is 3.07. The van der Waals surface area contributed by atoms with Crippen molar-refractivity contribution in [2.24, 2.45) is 0 Å². The SMILES string of the molecule is CN1C/C(=C/c2cccc([N+](=O)[O-])c2)C(=O)/C(=C\c2cccc([N+](=O)[O-])c2)C1. The molecule has 0 atom stereocenters. The van der Waals surface area contributed by atoms with Gasteiger partial charge in [-0.3, -0.25) is 29.9 Å². The van der Waals surface area contributed by atoms with Crippen LogP contribution in [0.1, 0.15) is 11.1 Å². The number of nitro groups is 2. The van der Waals surface area contributed by atoms with E-state index in [1.165, 1.54) is 24.3 Å². The zero-order valence-corrected chi connectivity index (χ0v) is 15.1. The lowest BCUT2D eigenvalue weighted by Crippen LogP contribution is -2.34. The van der Waals surface area contributed by atoms with Crippen molar-refractivity contribution in [1.82, 2.24) is 4.90 Å². The molecule has 0 amide bonds. The topological polar surface area (TPSA) is 107 Å². The number of nitro benzene ring substituents is 2. The van der Waals surface area contributed by atoms with E-state index in [2.05, 4.69) is 0 Å². The minimum Gasteiger partial charge on any atom is -0.298 e. The maximum absolute atomic E-state index is 12.9. The highest BCUT2D eigenvalue weighted by Gasteiger charge is 2.24. The third-order valence-electron chi connectivity index (χ3n) is 4.31. The molecule has 0 radical (unpaired) electrons. The van der Waals surface area contributed by atoms with E-state index in [0.29, 0.717) is 35.4 Å². The van der Waals surface area contributed by atoms with E-state index in [9.17, 15) is 25.0 Å². The second-order valence-corrected chi connectivity index (χ2v) is 6.54. The summed E-state index contributed by atoms with van der Waals surface area (Å²) in [6, 6.07) is 12.2. The summed E-state index contributed by atoms with van der Waals surface area (Å²) in [7, 11) is 1.86. The highest BCUT2D eigenvalue weighted by atomic mass is 16.6. The Morgan fingerprint density at radius 2 is 1.29 bits per heavy atom. The number of benzene rings is 2. The van der Waals surface area contributed by atoms with Gasteiger partial charge in [0.05, 0.1) is 9.85 Å². The number of hydrogen-bond donors (Lipinski definition) is 0. The van der Waals surface area contributed by atoms with Crippen LogP contribution >= 0.6 is 0 Å². The molecule has 0 N–H and O–H groups in total. The first-order chi connectivity index (χ1) is 13.3. The molecule has 2 aromatic carbocycles. The van der Waals surface area contributed by atoms with Gasteiger partial charge in [0, 0.05) is 48.5 Å². The first-order valence-electron chi connectivity index (χ1n) is 8.47. The first kappa shape index (κ1) is 19.1. The molecule has 1 heterocycles. The van der Waals surface area contributed by atoms with Gasteiger partial charge < -0.3 is 0 Å². The Kier molecular flexibility index (Phi) is 5.42. The largest absolute Gasteiger partial charge is 0.298 e. The molecule has 8 nitrogen and oxygen atoms in total. The van der Waals surface area contributed by atoms with Crippen molar-refractivity contribution < 1.29 is 14.6 Å². The number of likely N-dealkylation sites (tertiary alicyclic amines) is 1. The Bertz CT molecular complexity index is 947. The monoisotopic (exact) mass is 379 g/mol. The number of rotatable bonds is 4. The van der Waals surface area contributed by atoms with Crippen LogP contribution in [0.5, 0.6) is 0 Å². The number of Topliss-reactive ketones (excluding diaryl/α,β-unsaturated/α-hetero) is 1. The van der Waals surface area contributed by atoms with Crippen LogP contribution in [-0.2, 0) is 4.79 Å². The molecule has 28 heavy (non-hydrogen) atoms. The highest BCUT2D eigenvalue weighted by Crippen LogP contribution is 2.23. The van der Waals surface area contributed by atoms with Gasteiger partial charge in [-0.1, -0.05) is 24.3 Å². The number of ketones is 1. The average Bonchev–Trinajstić information content (AvgIpc) is 2.66. The fourth-order valence-electron chi connectivity index (χ4n) is 3.07. The van der Waals surface area contributed by atoms with Crippen molar-refractivity contribution in [1.29, 1.82) is 0 Å². The Morgan fingerprint density at radius 1 is 0.857 bits per heavy atom. The van der Waals surface area contributed by atoms with Crippen LogP contribution in [0.4, 0.5) is 11.4 Å². The normalized spacial score (nSPS) is 17.8. The number of likely N-dealkylation sites (N-methyl/N-ethyl adjacent to an activating group) is 1. The minimum absolute atomic E-state index is 0.0432. The van der Waals surface area contributed by atoms with E-state index in [0.717, 1.165) is 0 Å². The molecule has 0 spiro atoms. The first-order valence-corrected chi connectivity index (χ1v) is 8.47. The molecule has 1 fully saturated rings. The van der Waals surface area contributed by atoms with Crippen LogP contribution in [0.2, 0.25) is 0 Å². The fraction of sp³-hybridized carbons (Fsp3) is 0.150. The third kappa shape index (κ3) is 4.36. The predicted molar refractivity (Wildman–Crippen MR) is 105 cm³/mol. The Balaban J connectivity index is 1.94. The van der Waals surface area contributed by atoms with Gasteiger partial charge in [0.2, 0.25) is 0 Å². The number of nitrogens with zero attached hydrogens (tertiary/aromatic N) is 3. The summed E-state index contributed by atoms with van der Waals surface area (Å²) in [5.41, 5.74) is 2.07. The molecule has 142 valence electrons. The van der Waals surface area contributed by atoms with E-state index in [4.69, 9.17) is 0 Å². The van der Waals surface area contributed by atoms with Gasteiger partial charge in [0.25, 0.3) is 11.4 Å². The Labute approximate surface area is 160 Å². The van der Waals surface area contributed by atoms with Crippen molar-refractivity contribution >= 4 is 29.3 Å². The second-order valence-electron chi connectivity index (χ2n) is 6.54. The zero-order valence-electron chi connectivity index (χ0n) is 15.1. The summed E-state index contributed by atoms with van der Waals surface area (Å²) in [5.74, 6) is -0.170. The van der Waals surface area contributed by atoms with Gasteiger partial charge in [0.15, 0.2) is 5.78 Å². The number of carbonyl (C=O) groups is 1. The average molecular weight is 379 g/mol. The summed E-state index contributed by atoms with van der Waals surface area (Å²) >= 11 is 0. The van der Waals surface area contributed by atoms with Crippen LogP contribution in [-0.4, -0.2) is 40.7 Å². The van der Waals surface area contributed by atoms with Crippen molar-refractivity contribution in [2.75, 3.05) is 20.1 Å². The summed E-state index contributed by atoms with van der Waals surface area (Å²) in [6.45, 7) is 0.821. The summed E-state index contributed by atoms with van der Waals surface area (Å²) < 4.78 is 0. The van der Waals surface area contributed by atoms with Gasteiger partial charge >= 0.3 is 0 Å². The van der Waals surface area contributed by atoms with Gasteiger partial charge in [-0.25, -0.2) is 0 Å². The number of carbonyl (C=O) groups excluding carboxylic acids is 1. The molecule has 0 saturated carbocycles. The standard InChI is InChI=1S/C20H17N3O5/c1-21-12-16(8-14-4-2-6-18(10-14)22(25)26)20(24)17(13-21)9-15-5-3-7-19(11-15)23(27)28/h2-11H,12-13H2,1H3/b16-8-,17-9-. The Hall–Kier alpha value is -3.65. The maximum atomic E-state index is 12.9. The lowest BCUT2D eigenvalue weighted by atomic mass is 9.94. The van der Waals surface area contributed by atoms with Gasteiger partial charge in [-0.05, 0) is 30.3 Å². The van der Waals surface area contributed by atoms with Crippen LogP contribution in [0.3, 0.4) is 0 Å². The molecule has 1 aliphatic heterocycles. The Morgan fingerprint density at radius 3 is 1.68 bits per heavy atom. The summed E-state index contributed by atoms with van der Waals surface area (Å²) in [6.07, 6.45) is 3.29. The smallest absolute Gasteiger partial charge is 0.270 e. The third-order valence-corrected chi connectivity index (χ3v) is 4.31. The van der Waals surface area contributed by atoms with E-state index < -0.39 is 9.85 Å². The lowest BCUT2D eigenvalue weighted by molar-refractivity contribution is -0.385. The van der Waals surface area contributed by atoms with E-state index in [-0.39, 0.29) is 17.2 Å². The number of non-ortho nitro benzene ring substituents is 2. The summed E-state index contributed by atoms with van der Waals surface area (Å²) in [5, 5.41) is 21.9. The molecule has 0 aromatic heterocycles.